The number of aromatic amines is 1. The van der Waals surface area contributed by atoms with Crippen LogP contribution in [-0.4, -0.2) is 43.9 Å². The Balaban J connectivity index is 3.28. The number of halogens is 7. The second kappa shape index (κ2) is 5.14. The van der Waals surface area contributed by atoms with Crippen molar-refractivity contribution in [2.45, 2.75) is 36.5 Å². The highest BCUT2D eigenvalue weighted by molar-refractivity contribution is 5.11. The maximum absolute atomic E-state index is 13.6. The zero-order valence-corrected chi connectivity index (χ0v) is 9.93. The molecule has 21 heavy (non-hydrogen) atoms. The lowest BCUT2D eigenvalue weighted by Gasteiger charge is -2.38. The van der Waals surface area contributed by atoms with Crippen LogP contribution in [0.3, 0.4) is 0 Å². The van der Waals surface area contributed by atoms with Crippen LogP contribution in [0.5, 0.6) is 0 Å². The fraction of sp³-hybridized carbons (Fsp3) is 0.667. The largest absolute Gasteiger partial charge is 0.459 e. The summed E-state index contributed by atoms with van der Waals surface area (Å²) < 4.78 is 89.5. The van der Waals surface area contributed by atoms with Gasteiger partial charge in [-0.25, -0.2) is 4.98 Å². The van der Waals surface area contributed by atoms with E-state index in [1.165, 1.54) is 0 Å². The molecule has 5 nitrogen and oxygen atoms in total. The maximum Gasteiger partial charge on any atom is 0.459 e. The van der Waals surface area contributed by atoms with E-state index in [1.807, 2.05) is 5.10 Å². The predicted molar refractivity (Wildman–Crippen MR) is 51.2 cm³/mol. The second-order valence-electron chi connectivity index (χ2n) is 4.11. The van der Waals surface area contributed by atoms with Gasteiger partial charge in [0, 0.05) is 6.42 Å². The minimum absolute atomic E-state index is 0.648. The van der Waals surface area contributed by atoms with Gasteiger partial charge in [0.05, 0.1) is 12.5 Å². The number of hydrogen-bond donors (Lipinski definition) is 2. The van der Waals surface area contributed by atoms with E-state index in [0.29, 0.717) is 0 Å². The van der Waals surface area contributed by atoms with Crippen LogP contribution in [0.2, 0.25) is 0 Å². The Labute approximate surface area is 112 Å². The van der Waals surface area contributed by atoms with Crippen LogP contribution in [0.4, 0.5) is 30.7 Å². The van der Waals surface area contributed by atoms with Gasteiger partial charge in [-0.15, -0.1) is 0 Å². The molecule has 1 rings (SSSR count). The Morgan fingerprint density at radius 2 is 1.71 bits per heavy atom. The Morgan fingerprint density at radius 1 is 1.14 bits per heavy atom. The number of aliphatic hydroxyl groups is 1. The van der Waals surface area contributed by atoms with Gasteiger partial charge in [0.25, 0.3) is 0 Å². The summed E-state index contributed by atoms with van der Waals surface area (Å²) in [4.78, 5) is 3.25. The molecule has 1 unspecified atom stereocenters. The normalized spacial score (nSPS) is 16.3. The van der Waals surface area contributed by atoms with Gasteiger partial charge in [0.1, 0.15) is 6.33 Å². The SMILES string of the molecule is N#CCC(O)(Cc1nc[nH]n1)C(F)(F)C(F)(F)C(F)(F)F. The summed E-state index contributed by atoms with van der Waals surface area (Å²) >= 11 is 0. The molecule has 0 bridgehead atoms. The monoisotopic (exact) mass is 320 g/mol. The van der Waals surface area contributed by atoms with Crippen molar-refractivity contribution in [1.29, 1.82) is 5.26 Å². The van der Waals surface area contributed by atoms with Gasteiger partial charge in [-0.2, -0.15) is 41.1 Å². The van der Waals surface area contributed by atoms with Crippen molar-refractivity contribution in [3.63, 3.8) is 0 Å². The Bertz CT molecular complexity index is 521. The third-order valence-corrected chi connectivity index (χ3v) is 2.62. The Morgan fingerprint density at radius 3 is 2.10 bits per heavy atom. The predicted octanol–water partition coefficient (Wildman–Crippen LogP) is 1.82. The highest BCUT2D eigenvalue weighted by Gasteiger charge is 2.79. The molecule has 0 fully saturated rings. The third kappa shape index (κ3) is 2.78. The summed E-state index contributed by atoms with van der Waals surface area (Å²) in [7, 11) is 0. The zero-order valence-electron chi connectivity index (χ0n) is 9.93. The first-order valence-corrected chi connectivity index (χ1v) is 5.15. The number of H-pyrrole nitrogens is 1. The summed E-state index contributed by atoms with van der Waals surface area (Å²) in [6.07, 6.45) is -8.93. The first-order valence-electron chi connectivity index (χ1n) is 5.15. The van der Waals surface area contributed by atoms with Crippen molar-refractivity contribution < 1.29 is 35.8 Å². The van der Waals surface area contributed by atoms with Crippen LogP contribution in [0.1, 0.15) is 12.2 Å². The topological polar surface area (TPSA) is 85.6 Å². The van der Waals surface area contributed by atoms with Crippen LogP contribution >= 0.6 is 0 Å². The molecule has 1 aromatic rings. The molecule has 1 heterocycles. The fourth-order valence-electron chi connectivity index (χ4n) is 1.47. The molecule has 0 aromatic carbocycles. The minimum Gasteiger partial charge on any atom is -0.382 e. The lowest BCUT2D eigenvalue weighted by Crippen LogP contribution is -2.64. The smallest absolute Gasteiger partial charge is 0.382 e. The number of nitriles is 1. The molecule has 0 spiro atoms. The van der Waals surface area contributed by atoms with E-state index in [9.17, 15) is 35.8 Å². The highest BCUT2D eigenvalue weighted by atomic mass is 19.4. The molecule has 0 saturated carbocycles. The number of hydrogen-bond acceptors (Lipinski definition) is 4. The van der Waals surface area contributed by atoms with Gasteiger partial charge >= 0.3 is 18.0 Å². The van der Waals surface area contributed by atoms with Crippen LogP contribution in [0, 0.1) is 11.3 Å². The van der Waals surface area contributed by atoms with Crippen molar-refractivity contribution in [2.75, 3.05) is 0 Å². The molecular formula is C9H7F7N4O. The molecule has 0 aliphatic carbocycles. The lowest BCUT2D eigenvalue weighted by atomic mass is 9.84. The number of rotatable bonds is 5. The van der Waals surface area contributed by atoms with Crippen molar-refractivity contribution in [3.8, 4) is 6.07 Å². The molecule has 0 amide bonds. The molecule has 2 N–H and O–H groups in total. The van der Waals surface area contributed by atoms with Gasteiger partial charge in [0.2, 0.25) is 0 Å². The van der Waals surface area contributed by atoms with Gasteiger partial charge in [0.15, 0.2) is 11.4 Å². The minimum atomic E-state index is -6.61. The van der Waals surface area contributed by atoms with Crippen LogP contribution < -0.4 is 0 Å². The van der Waals surface area contributed by atoms with Crippen LogP contribution in [0.15, 0.2) is 6.33 Å². The maximum atomic E-state index is 13.6. The van der Waals surface area contributed by atoms with Gasteiger partial charge in [-0.3, -0.25) is 5.10 Å². The molecule has 0 aliphatic rings. The molecule has 1 atom stereocenters. The third-order valence-electron chi connectivity index (χ3n) is 2.62. The van der Waals surface area contributed by atoms with Crippen LogP contribution in [0.25, 0.3) is 0 Å². The summed E-state index contributed by atoms with van der Waals surface area (Å²) in [5.74, 6) is -13.2. The standard InChI is InChI=1S/C9H7F7N4O/c10-7(11,8(12,13)9(14,15)16)6(21,1-2-17)3-5-18-4-19-20-5/h4,21H,1,3H2,(H,18,19,20). The molecular weight excluding hydrogens is 313 g/mol. The molecule has 12 heteroatoms. The molecule has 118 valence electrons. The molecule has 0 radical (unpaired) electrons. The molecule has 0 saturated heterocycles. The number of aromatic nitrogens is 3. The summed E-state index contributed by atoms with van der Waals surface area (Å²) in [5, 5.41) is 23.1. The Kier molecular flexibility index (Phi) is 4.20. The number of nitrogens with zero attached hydrogens (tertiary/aromatic N) is 3. The van der Waals surface area contributed by atoms with E-state index in [1.54, 1.807) is 0 Å². The van der Waals surface area contributed by atoms with Crippen LogP contribution in [-0.2, 0) is 6.42 Å². The summed E-state index contributed by atoms with van der Waals surface area (Å²) in [6.45, 7) is 0. The summed E-state index contributed by atoms with van der Waals surface area (Å²) in [5.41, 5.74) is -4.00. The quantitative estimate of drug-likeness (QED) is 0.811. The van der Waals surface area contributed by atoms with E-state index in [2.05, 4.69) is 10.1 Å². The number of nitrogens with one attached hydrogen (secondary N) is 1. The van der Waals surface area contributed by atoms with E-state index >= 15 is 0 Å². The fourth-order valence-corrected chi connectivity index (χ4v) is 1.47. The van der Waals surface area contributed by atoms with Gasteiger partial charge < -0.3 is 5.11 Å². The van der Waals surface area contributed by atoms with Gasteiger partial charge in [-0.1, -0.05) is 0 Å². The molecule has 1 aromatic heterocycles. The van der Waals surface area contributed by atoms with Crippen molar-refractivity contribution in [1.82, 2.24) is 15.2 Å². The van der Waals surface area contributed by atoms with Crippen molar-refractivity contribution in [2.24, 2.45) is 0 Å². The second-order valence-corrected chi connectivity index (χ2v) is 4.11. The molecule has 0 aliphatic heterocycles. The first-order chi connectivity index (χ1) is 9.39. The van der Waals surface area contributed by atoms with E-state index in [4.69, 9.17) is 5.26 Å². The lowest BCUT2D eigenvalue weighted by molar-refractivity contribution is -0.387. The summed E-state index contributed by atoms with van der Waals surface area (Å²) in [6, 6.07) is 0.954. The van der Waals surface area contributed by atoms with Crippen molar-refractivity contribution >= 4 is 0 Å². The average molecular weight is 320 g/mol. The van der Waals surface area contributed by atoms with Gasteiger partial charge in [-0.05, 0) is 0 Å². The van der Waals surface area contributed by atoms with E-state index < -0.39 is 42.3 Å². The first kappa shape index (κ1) is 17.2. The zero-order chi connectivity index (χ0) is 16.5. The Hall–Kier alpha value is -1.90. The van der Waals surface area contributed by atoms with E-state index in [0.717, 1.165) is 12.4 Å². The number of alkyl halides is 7. The average Bonchev–Trinajstić information content (AvgIpc) is 2.79. The highest BCUT2D eigenvalue weighted by Crippen LogP contribution is 2.52. The van der Waals surface area contributed by atoms with E-state index in [-0.39, 0.29) is 0 Å². The van der Waals surface area contributed by atoms with Crippen molar-refractivity contribution in [3.05, 3.63) is 12.2 Å².